The Morgan fingerprint density at radius 1 is 1.04 bits per heavy atom. The fourth-order valence-electron chi connectivity index (χ4n) is 5.85. The third kappa shape index (κ3) is 8.03. The van der Waals surface area contributed by atoms with Crippen LogP contribution in [0.15, 0.2) is 61.1 Å². The SMILES string of the molecule is CN(C(=O)OC(C)(C)C)C1(COc2ccc(NC(=O)c3cccc(CNc4ncc(-c5ccnc(N)n5)c5c4CCO5)c3)nc2)CCOCC1. The van der Waals surface area contributed by atoms with Crippen molar-refractivity contribution in [2.24, 2.45) is 0 Å². The molecule has 0 bridgehead atoms. The lowest BCUT2D eigenvalue weighted by Gasteiger charge is -2.44. The molecular formula is C36H42N8O6. The number of likely N-dealkylation sites (N-methyl/N-ethyl adjacent to an activating group) is 1. The summed E-state index contributed by atoms with van der Waals surface area (Å²) >= 11 is 0. The molecular weight excluding hydrogens is 640 g/mol. The maximum atomic E-state index is 13.2. The van der Waals surface area contributed by atoms with Crippen LogP contribution < -0.4 is 25.8 Å². The van der Waals surface area contributed by atoms with Crippen molar-refractivity contribution in [1.29, 1.82) is 0 Å². The standard InChI is InChI=1S/C36H42N8O6/c1-35(2,3)50-34(46)44(4)36(12-16-47-17-13-36)22-49-25-8-9-29(39-20-25)43-32(45)24-7-5-6-23(18-24)19-40-31-26-11-15-48-30(26)27(21-41-31)28-10-14-38-33(37)42-28/h5-10,14,18,20-21H,11-13,15-17,19,22H2,1-4H3,(H,40,41)(H2,37,38,42)(H,39,43,45). The van der Waals surface area contributed by atoms with Crippen LogP contribution in [0.2, 0.25) is 0 Å². The van der Waals surface area contributed by atoms with Gasteiger partial charge < -0.3 is 40.2 Å². The Morgan fingerprint density at radius 2 is 1.86 bits per heavy atom. The molecule has 0 aliphatic carbocycles. The number of benzene rings is 1. The fraction of sp³-hybridized carbons (Fsp3) is 0.389. The molecule has 6 rings (SSSR count). The summed E-state index contributed by atoms with van der Waals surface area (Å²) in [4.78, 5) is 45.0. The van der Waals surface area contributed by atoms with Crippen LogP contribution in [0.25, 0.3) is 11.3 Å². The van der Waals surface area contributed by atoms with Crippen LogP contribution in [0.3, 0.4) is 0 Å². The van der Waals surface area contributed by atoms with Gasteiger partial charge in [0.25, 0.3) is 5.91 Å². The van der Waals surface area contributed by atoms with E-state index in [2.05, 4.69) is 30.6 Å². The van der Waals surface area contributed by atoms with Crippen LogP contribution in [0.4, 0.5) is 22.4 Å². The molecule has 0 spiro atoms. The first-order valence-electron chi connectivity index (χ1n) is 16.5. The fourth-order valence-corrected chi connectivity index (χ4v) is 5.85. The number of nitrogens with zero attached hydrogens (tertiary/aromatic N) is 5. The molecule has 0 saturated carbocycles. The van der Waals surface area contributed by atoms with Gasteiger partial charge in [-0.25, -0.2) is 24.7 Å². The van der Waals surface area contributed by atoms with E-state index in [9.17, 15) is 9.59 Å². The minimum Gasteiger partial charge on any atom is -0.492 e. The number of anilines is 3. The Morgan fingerprint density at radius 3 is 2.60 bits per heavy atom. The summed E-state index contributed by atoms with van der Waals surface area (Å²) in [6.07, 6.45) is 6.39. The van der Waals surface area contributed by atoms with E-state index in [4.69, 9.17) is 24.7 Å². The minimum atomic E-state index is -0.614. The molecule has 1 saturated heterocycles. The molecule has 1 aromatic carbocycles. The number of fused-ring (bicyclic) bond motifs is 1. The van der Waals surface area contributed by atoms with Crippen molar-refractivity contribution >= 4 is 29.6 Å². The second-order valence-electron chi connectivity index (χ2n) is 13.3. The molecule has 0 radical (unpaired) electrons. The number of amides is 2. The summed E-state index contributed by atoms with van der Waals surface area (Å²) in [5, 5.41) is 6.25. The van der Waals surface area contributed by atoms with E-state index in [1.165, 1.54) is 0 Å². The van der Waals surface area contributed by atoms with Crippen LogP contribution in [-0.2, 0) is 22.4 Å². The molecule has 2 aliphatic rings. The second kappa shape index (κ2) is 14.5. The highest BCUT2D eigenvalue weighted by atomic mass is 16.6. The van der Waals surface area contributed by atoms with E-state index in [1.807, 2.05) is 39.0 Å². The lowest BCUT2D eigenvalue weighted by atomic mass is 9.89. The van der Waals surface area contributed by atoms with Gasteiger partial charge in [0.05, 0.1) is 29.6 Å². The lowest BCUT2D eigenvalue weighted by molar-refractivity contribution is -0.0517. The van der Waals surface area contributed by atoms with Gasteiger partial charge in [-0.15, -0.1) is 0 Å². The number of ether oxygens (including phenoxy) is 4. The zero-order chi connectivity index (χ0) is 35.3. The van der Waals surface area contributed by atoms with Crippen LogP contribution in [0.1, 0.15) is 55.1 Å². The van der Waals surface area contributed by atoms with E-state index in [1.54, 1.807) is 54.8 Å². The summed E-state index contributed by atoms with van der Waals surface area (Å²) in [5.74, 6) is 2.22. The molecule has 14 heteroatoms. The quantitative estimate of drug-likeness (QED) is 0.202. The van der Waals surface area contributed by atoms with Gasteiger partial charge in [-0.05, 0) is 69.5 Å². The molecule has 3 aromatic heterocycles. The molecule has 4 N–H and O–H groups in total. The summed E-state index contributed by atoms with van der Waals surface area (Å²) < 4.78 is 23.2. The number of nitrogens with two attached hydrogens (primary N) is 1. The maximum Gasteiger partial charge on any atom is 0.410 e. The van der Waals surface area contributed by atoms with E-state index in [0.717, 1.165) is 22.4 Å². The van der Waals surface area contributed by atoms with Crippen LogP contribution in [0, 0.1) is 0 Å². The Kier molecular flexibility index (Phi) is 10.00. The molecule has 0 atom stereocenters. The van der Waals surface area contributed by atoms with E-state index >= 15 is 0 Å². The average Bonchev–Trinajstić information content (AvgIpc) is 3.60. The third-order valence-corrected chi connectivity index (χ3v) is 8.61. The minimum absolute atomic E-state index is 0.183. The predicted octanol–water partition coefficient (Wildman–Crippen LogP) is 5.11. The number of carbonyl (C=O) groups excluding carboxylic acids is 2. The van der Waals surface area contributed by atoms with Crippen molar-refractivity contribution in [1.82, 2.24) is 24.8 Å². The number of hydrogen-bond donors (Lipinski definition) is 3. The molecule has 1 fully saturated rings. The number of nitrogen functional groups attached to an aromatic ring is 1. The van der Waals surface area contributed by atoms with Crippen LogP contribution in [0.5, 0.6) is 11.5 Å². The molecule has 2 amide bonds. The second-order valence-corrected chi connectivity index (χ2v) is 13.3. The first-order chi connectivity index (χ1) is 24.0. The molecule has 262 valence electrons. The van der Waals surface area contributed by atoms with E-state index in [-0.39, 0.29) is 18.5 Å². The molecule has 5 heterocycles. The maximum absolute atomic E-state index is 13.2. The molecule has 50 heavy (non-hydrogen) atoms. The van der Waals surface area contributed by atoms with Gasteiger partial charge in [-0.2, -0.15) is 0 Å². The van der Waals surface area contributed by atoms with Crippen LogP contribution in [-0.4, -0.2) is 81.5 Å². The summed E-state index contributed by atoms with van der Waals surface area (Å²) in [5.41, 5.74) is 8.34. The first kappa shape index (κ1) is 34.4. The number of aromatic nitrogens is 4. The highest BCUT2D eigenvalue weighted by Crippen LogP contribution is 2.39. The van der Waals surface area contributed by atoms with E-state index < -0.39 is 17.2 Å². The number of pyridine rings is 2. The Bertz CT molecular complexity index is 1840. The van der Waals surface area contributed by atoms with Crippen molar-refractivity contribution < 1.29 is 28.5 Å². The molecule has 2 aliphatic heterocycles. The van der Waals surface area contributed by atoms with E-state index in [0.29, 0.717) is 74.3 Å². The summed E-state index contributed by atoms with van der Waals surface area (Å²) in [6.45, 7) is 7.78. The first-order valence-corrected chi connectivity index (χ1v) is 16.5. The average molecular weight is 683 g/mol. The third-order valence-electron chi connectivity index (χ3n) is 8.61. The summed E-state index contributed by atoms with van der Waals surface area (Å²) in [6, 6.07) is 12.5. The largest absolute Gasteiger partial charge is 0.492 e. The van der Waals surface area contributed by atoms with Gasteiger partial charge >= 0.3 is 6.09 Å². The predicted molar refractivity (Wildman–Crippen MR) is 187 cm³/mol. The van der Waals surface area contributed by atoms with Gasteiger partial charge in [0.2, 0.25) is 5.95 Å². The topological polar surface area (TPSA) is 176 Å². The zero-order valence-electron chi connectivity index (χ0n) is 28.7. The highest BCUT2D eigenvalue weighted by molar-refractivity contribution is 6.03. The monoisotopic (exact) mass is 682 g/mol. The Balaban J connectivity index is 1.06. The molecule has 14 nitrogen and oxygen atoms in total. The zero-order valence-corrected chi connectivity index (χ0v) is 28.7. The van der Waals surface area contributed by atoms with Crippen molar-refractivity contribution in [2.75, 3.05) is 49.8 Å². The van der Waals surface area contributed by atoms with Gasteiger partial charge in [0.1, 0.15) is 35.3 Å². The van der Waals surface area contributed by atoms with Crippen molar-refractivity contribution in [2.45, 2.75) is 57.7 Å². The number of carbonyl (C=O) groups is 2. The highest BCUT2D eigenvalue weighted by Gasteiger charge is 2.42. The Hall–Kier alpha value is -5.50. The Labute approximate surface area is 290 Å². The van der Waals surface area contributed by atoms with Gasteiger partial charge in [-0.1, -0.05) is 12.1 Å². The van der Waals surface area contributed by atoms with Crippen molar-refractivity contribution in [3.05, 3.63) is 77.7 Å². The number of rotatable bonds is 10. The molecule has 4 aromatic rings. The number of nitrogens with one attached hydrogen (secondary N) is 2. The van der Waals surface area contributed by atoms with Gasteiger partial charge in [0.15, 0.2) is 0 Å². The lowest BCUT2D eigenvalue weighted by Crippen LogP contribution is -2.57. The smallest absolute Gasteiger partial charge is 0.410 e. The number of hydrogen-bond acceptors (Lipinski definition) is 12. The van der Waals surface area contributed by atoms with Crippen molar-refractivity contribution in [3.63, 3.8) is 0 Å². The summed E-state index contributed by atoms with van der Waals surface area (Å²) in [7, 11) is 1.74. The van der Waals surface area contributed by atoms with Crippen LogP contribution >= 0.6 is 0 Å². The molecule has 0 unspecified atom stereocenters. The van der Waals surface area contributed by atoms with Gasteiger partial charge in [0, 0.05) is 56.7 Å². The van der Waals surface area contributed by atoms with Crippen molar-refractivity contribution in [3.8, 4) is 22.8 Å². The van der Waals surface area contributed by atoms with Gasteiger partial charge in [-0.3, -0.25) is 4.79 Å². The normalized spacial score (nSPS) is 15.0.